The summed E-state index contributed by atoms with van der Waals surface area (Å²) in [6, 6.07) is 8.89. The van der Waals surface area contributed by atoms with Crippen LogP contribution in [-0.4, -0.2) is 131 Å². The monoisotopic (exact) mass is 652 g/mol. The number of carbonyl (C=O) groups excluding carboxylic acids is 1. The minimum atomic E-state index is -1.76. The van der Waals surface area contributed by atoms with Crippen LogP contribution in [0, 0.1) is 0 Å². The van der Waals surface area contributed by atoms with Crippen molar-refractivity contribution in [2.45, 2.75) is 74.8 Å². The fourth-order valence-electron chi connectivity index (χ4n) is 5.23. The number of phenolic OH excluding ortho intramolecular Hbond substituents is 2. The molecule has 0 saturated carbocycles. The average Bonchev–Trinajstić information content (AvgIpc) is 3.04. The van der Waals surface area contributed by atoms with Crippen LogP contribution in [0.25, 0.3) is 5.57 Å². The number of methoxy groups -OCH3 is 3. The van der Waals surface area contributed by atoms with Gasteiger partial charge >= 0.3 is 5.97 Å². The standard InChI is InChI=1S/C31H40O15/c1-14-23(35)24(36)25(37)31(44-14)46-29-26(38)28(17(13-22(34)42-4)16-6-7-18(32)21(12-16)41-3)45-30(27(29)39)43-10-9-15-5-8-20(40-2)19(33)11-15/h5-8,11-14,23-33,35-39H,9-10H2,1-4H3/b17-13+/t14-,23-,24+,25+,26+,27+,28?,29-,30+,31-/m1/s1. The number of aliphatic hydroxyl groups excluding tert-OH is 5. The maximum absolute atomic E-state index is 12.5. The Kier molecular flexibility index (Phi) is 11.8. The van der Waals surface area contributed by atoms with Crippen molar-refractivity contribution in [2.24, 2.45) is 0 Å². The normalized spacial score (nSPS) is 31.7. The highest BCUT2D eigenvalue weighted by Gasteiger charge is 2.51. The van der Waals surface area contributed by atoms with Crippen molar-refractivity contribution in [3.63, 3.8) is 0 Å². The van der Waals surface area contributed by atoms with Gasteiger partial charge in [0, 0.05) is 6.08 Å². The van der Waals surface area contributed by atoms with Crippen molar-refractivity contribution in [1.29, 1.82) is 0 Å². The zero-order valence-electron chi connectivity index (χ0n) is 25.6. The van der Waals surface area contributed by atoms with E-state index >= 15 is 0 Å². The van der Waals surface area contributed by atoms with Crippen LogP contribution < -0.4 is 9.47 Å². The van der Waals surface area contributed by atoms with Gasteiger partial charge in [0.15, 0.2) is 35.6 Å². The Balaban J connectivity index is 1.67. The Bertz CT molecular complexity index is 1370. The van der Waals surface area contributed by atoms with Gasteiger partial charge in [-0.1, -0.05) is 12.1 Å². The summed E-state index contributed by atoms with van der Waals surface area (Å²) in [6.07, 6.45) is -14.2. The first kappa shape index (κ1) is 35.3. The Morgan fingerprint density at radius 2 is 1.52 bits per heavy atom. The zero-order chi connectivity index (χ0) is 33.7. The number of esters is 1. The van der Waals surface area contributed by atoms with Crippen molar-refractivity contribution in [3.8, 4) is 23.0 Å². The van der Waals surface area contributed by atoms with Crippen LogP contribution >= 0.6 is 0 Å². The summed E-state index contributed by atoms with van der Waals surface area (Å²) in [4.78, 5) is 12.5. The van der Waals surface area contributed by atoms with Gasteiger partial charge in [0.25, 0.3) is 0 Å². The molecule has 2 aromatic carbocycles. The molecule has 15 nitrogen and oxygen atoms in total. The van der Waals surface area contributed by atoms with E-state index in [0.717, 1.165) is 13.2 Å². The molecule has 0 spiro atoms. The first-order valence-corrected chi connectivity index (χ1v) is 14.4. The summed E-state index contributed by atoms with van der Waals surface area (Å²) in [6.45, 7) is 1.38. The smallest absolute Gasteiger partial charge is 0.330 e. The molecule has 0 aliphatic carbocycles. The second-order valence-electron chi connectivity index (χ2n) is 10.8. The van der Waals surface area contributed by atoms with Gasteiger partial charge in [-0.05, 0) is 54.3 Å². The van der Waals surface area contributed by atoms with Crippen LogP contribution in [0.4, 0.5) is 0 Å². The number of aromatic hydroxyl groups is 2. The molecule has 2 fully saturated rings. The van der Waals surface area contributed by atoms with E-state index in [4.69, 9.17) is 33.2 Å². The Hall–Kier alpha value is -3.51. The summed E-state index contributed by atoms with van der Waals surface area (Å²) >= 11 is 0. The Morgan fingerprint density at radius 1 is 0.804 bits per heavy atom. The SMILES string of the molecule is COC(=O)/C=C(\c1ccc(O)c(OC)c1)C1O[C@H](OCCc2ccc(OC)c(O)c2)[C@@H](O)[C@H](O[C@H]2O[C@H](C)[C@@H](O)[C@H](O)[C@@H]2O)[C@H]1O. The third-order valence-corrected chi connectivity index (χ3v) is 7.85. The van der Waals surface area contributed by atoms with Crippen LogP contribution in [0.15, 0.2) is 42.5 Å². The molecule has 7 N–H and O–H groups in total. The van der Waals surface area contributed by atoms with Gasteiger partial charge in [0.1, 0.15) is 42.7 Å². The molecule has 254 valence electrons. The summed E-state index contributed by atoms with van der Waals surface area (Å²) in [5.41, 5.74) is 0.948. The largest absolute Gasteiger partial charge is 0.504 e. The lowest BCUT2D eigenvalue weighted by Gasteiger charge is -2.46. The molecular formula is C31H40O15. The summed E-state index contributed by atoms with van der Waals surface area (Å²) in [7, 11) is 3.89. The van der Waals surface area contributed by atoms with Gasteiger partial charge < -0.3 is 68.9 Å². The van der Waals surface area contributed by atoms with Crippen molar-refractivity contribution >= 4 is 11.5 Å². The van der Waals surface area contributed by atoms with E-state index in [0.29, 0.717) is 5.56 Å². The number of hydrogen-bond acceptors (Lipinski definition) is 15. The third-order valence-electron chi connectivity index (χ3n) is 7.85. The highest BCUT2D eigenvalue weighted by atomic mass is 16.7. The lowest BCUT2D eigenvalue weighted by atomic mass is 9.89. The van der Waals surface area contributed by atoms with E-state index in [1.807, 2.05) is 0 Å². The van der Waals surface area contributed by atoms with Crippen LogP contribution in [-0.2, 0) is 34.9 Å². The highest BCUT2D eigenvalue weighted by Crippen LogP contribution is 2.37. The van der Waals surface area contributed by atoms with Crippen LogP contribution in [0.2, 0.25) is 0 Å². The van der Waals surface area contributed by atoms with E-state index in [-0.39, 0.29) is 47.2 Å². The van der Waals surface area contributed by atoms with Crippen LogP contribution in [0.3, 0.4) is 0 Å². The van der Waals surface area contributed by atoms with Crippen LogP contribution in [0.5, 0.6) is 23.0 Å². The molecule has 2 saturated heterocycles. The molecule has 2 aliphatic rings. The molecule has 1 unspecified atom stereocenters. The maximum Gasteiger partial charge on any atom is 0.330 e. The molecule has 0 bridgehead atoms. The van der Waals surface area contributed by atoms with Crippen molar-refractivity contribution < 1.29 is 73.7 Å². The van der Waals surface area contributed by atoms with E-state index in [2.05, 4.69) is 0 Å². The second kappa shape index (κ2) is 15.4. The first-order valence-electron chi connectivity index (χ1n) is 14.4. The molecule has 15 heteroatoms. The molecule has 10 atom stereocenters. The fraction of sp³-hybridized carbons (Fsp3) is 0.516. The molecule has 0 radical (unpaired) electrons. The molecule has 4 rings (SSSR count). The first-order chi connectivity index (χ1) is 21.9. The molecule has 2 aromatic rings. The van der Waals surface area contributed by atoms with E-state index < -0.39 is 67.4 Å². The number of rotatable bonds is 11. The van der Waals surface area contributed by atoms with E-state index in [9.17, 15) is 40.5 Å². The summed E-state index contributed by atoms with van der Waals surface area (Å²) in [5.74, 6) is -0.783. The lowest BCUT2D eigenvalue weighted by molar-refractivity contribution is -0.350. The fourth-order valence-corrected chi connectivity index (χ4v) is 5.23. The van der Waals surface area contributed by atoms with Gasteiger partial charge in [0.05, 0.1) is 34.0 Å². The number of carbonyl (C=O) groups is 1. The third kappa shape index (κ3) is 7.71. The second-order valence-corrected chi connectivity index (χ2v) is 10.8. The molecule has 2 heterocycles. The topological polar surface area (TPSA) is 223 Å². The lowest BCUT2D eigenvalue weighted by Crippen LogP contribution is -2.63. The van der Waals surface area contributed by atoms with Crippen molar-refractivity contribution in [2.75, 3.05) is 27.9 Å². The van der Waals surface area contributed by atoms with Crippen molar-refractivity contribution in [1.82, 2.24) is 0 Å². The van der Waals surface area contributed by atoms with Gasteiger partial charge in [-0.2, -0.15) is 0 Å². The molecule has 46 heavy (non-hydrogen) atoms. The minimum absolute atomic E-state index is 0.0285. The predicted octanol–water partition coefficient (Wildman–Crippen LogP) is -0.410. The van der Waals surface area contributed by atoms with Gasteiger partial charge in [-0.15, -0.1) is 0 Å². The van der Waals surface area contributed by atoms with Gasteiger partial charge in [-0.3, -0.25) is 0 Å². The highest BCUT2D eigenvalue weighted by molar-refractivity contribution is 5.92. The van der Waals surface area contributed by atoms with Gasteiger partial charge in [0.2, 0.25) is 0 Å². The quantitative estimate of drug-likeness (QED) is 0.121. The molecular weight excluding hydrogens is 612 g/mol. The number of phenols is 2. The van der Waals surface area contributed by atoms with Gasteiger partial charge in [-0.25, -0.2) is 4.79 Å². The summed E-state index contributed by atoms with van der Waals surface area (Å²) in [5, 5.41) is 74.2. The summed E-state index contributed by atoms with van der Waals surface area (Å²) < 4.78 is 38.4. The average molecular weight is 653 g/mol. The Labute approximate surface area is 264 Å². The van der Waals surface area contributed by atoms with E-state index in [1.54, 1.807) is 12.1 Å². The van der Waals surface area contributed by atoms with E-state index in [1.165, 1.54) is 45.4 Å². The number of ether oxygens (including phenoxy) is 7. The van der Waals surface area contributed by atoms with Crippen molar-refractivity contribution in [3.05, 3.63) is 53.6 Å². The number of benzene rings is 2. The molecule has 0 amide bonds. The Morgan fingerprint density at radius 3 is 2.17 bits per heavy atom. The minimum Gasteiger partial charge on any atom is -0.504 e. The number of aliphatic hydroxyl groups is 5. The van der Waals surface area contributed by atoms with Crippen LogP contribution in [0.1, 0.15) is 18.1 Å². The zero-order valence-corrected chi connectivity index (χ0v) is 25.6. The molecule has 0 aromatic heterocycles. The number of hydrogen-bond donors (Lipinski definition) is 7. The maximum atomic E-state index is 12.5. The predicted molar refractivity (Wildman–Crippen MR) is 157 cm³/mol. The molecule has 2 aliphatic heterocycles.